The van der Waals surface area contributed by atoms with E-state index < -0.39 is 0 Å². The summed E-state index contributed by atoms with van der Waals surface area (Å²) in [5.74, 6) is -0.609. The first kappa shape index (κ1) is 11.5. The second-order valence-electron chi connectivity index (χ2n) is 2.80. The first-order valence-corrected chi connectivity index (χ1v) is 4.62. The van der Waals surface area contributed by atoms with Crippen molar-refractivity contribution in [2.24, 2.45) is 0 Å². The molecule has 0 bridgehead atoms. The molecule has 1 rings (SSSR count). The molecular formula is C9H10ClN3O2. The first-order chi connectivity index (χ1) is 7.09. The maximum Gasteiger partial charge on any atom is 0.243 e. The number of carbonyl (C=O) groups is 2. The van der Waals surface area contributed by atoms with E-state index in [9.17, 15) is 9.59 Å². The minimum Gasteiger partial charge on any atom is -0.347 e. The Morgan fingerprint density at radius 2 is 2.27 bits per heavy atom. The highest BCUT2D eigenvalue weighted by molar-refractivity contribution is 6.32. The number of carbonyl (C=O) groups excluding carboxylic acids is 2. The summed E-state index contributed by atoms with van der Waals surface area (Å²) in [6.07, 6.45) is 1.52. The highest BCUT2D eigenvalue weighted by atomic mass is 35.5. The van der Waals surface area contributed by atoms with E-state index in [2.05, 4.69) is 15.6 Å². The van der Waals surface area contributed by atoms with Gasteiger partial charge in [-0.25, -0.2) is 4.98 Å². The summed E-state index contributed by atoms with van der Waals surface area (Å²) < 4.78 is 0. The summed E-state index contributed by atoms with van der Waals surface area (Å²) >= 11 is 5.72. The summed E-state index contributed by atoms with van der Waals surface area (Å²) in [4.78, 5) is 25.6. The van der Waals surface area contributed by atoms with Gasteiger partial charge in [-0.3, -0.25) is 9.59 Å². The minimum absolute atomic E-state index is 0.0828. The Kier molecular flexibility index (Phi) is 4.05. The van der Waals surface area contributed by atoms with Gasteiger partial charge in [0.2, 0.25) is 11.8 Å². The van der Waals surface area contributed by atoms with Crippen molar-refractivity contribution < 1.29 is 9.59 Å². The third kappa shape index (κ3) is 3.95. The van der Waals surface area contributed by atoms with Gasteiger partial charge in [-0.15, -0.1) is 0 Å². The molecule has 0 aliphatic carbocycles. The van der Waals surface area contributed by atoms with E-state index in [0.29, 0.717) is 5.69 Å². The minimum atomic E-state index is -0.347. The van der Waals surface area contributed by atoms with Crippen LogP contribution in [0.1, 0.15) is 6.92 Å². The monoisotopic (exact) mass is 227 g/mol. The summed E-state index contributed by atoms with van der Waals surface area (Å²) in [5.41, 5.74) is 0.425. The molecule has 80 valence electrons. The Balaban J connectivity index is 2.52. The van der Waals surface area contributed by atoms with Crippen LogP contribution in [0.15, 0.2) is 18.3 Å². The van der Waals surface area contributed by atoms with Crippen LogP contribution >= 0.6 is 11.6 Å². The van der Waals surface area contributed by atoms with E-state index >= 15 is 0 Å². The van der Waals surface area contributed by atoms with Crippen molar-refractivity contribution in [1.29, 1.82) is 0 Å². The highest BCUT2D eigenvalue weighted by Gasteiger charge is 2.05. The lowest BCUT2D eigenvalue weighted by molar-refractivity contribution is -0.122. The molecule has 2 N–H and O–H groups in total. The molecule has 0 saturated carbocycles. The number of anilines is 1. The second-order valence-corrected chi connectivity index (χ2v) is 3.16. The second kappa shape index (κ2) is 5.31. The van der Waals surface area contributed by atoms with Gasteiger partial charge in [0.25, 0.3) is 0 Å². The molecule has 6 heteroatoms. The van der Waals surface area contributed by atoms with Crippen molar-refractivity contribution >= 4 is 29.1 Å². The topological polar surface area (TPSA) is 71.1 Å². The van der Waals surface area contributed by atoms with Gasteiger partial charge in [-0.05, 0) is 12.1 Å². The normalized spacial score (nSPS) is 9.47. The van der Waals surface area contributed by atoms with E-state index in [1.807, 2.05) is 0 Å². The van der Waals surface area contributed by atoms with Gasteiger partial charge in [0, 0.05) is 13.1 Å². The number of aromatic nitrogens is 1. The number of pyridine rings is 1. The molecule has 1 aromatic heterocycles. The van der Waals surface area contributed by atoms with Crippen LogP contribution in [0.4, 0.5) is 5.69 Å². The van der Waals surface area contributed by atoms with Crippen LogP contribution in [0.5, 0.6) is 0 Å². The SMILES string of the molecule is CC(=O)NCC(=O)Nc1cccnc1Cl. The highest BCUT2D eigenvalue weighted by Crippen LogP contribution is 2.16. The molecular weight excluding hydrogens is 218 g/mol. The molecule has 1 heterocycles. The van der Waals surface area contributed by atoms with Gasteiger partial charge in [0.1, 0.15) is 0 Å². The molecule has 0 aromatic carbocycles. The molecule has 0 aliphatic rings. The average Bonchev–Trinajstić information content (AvgIpc) is 2.18. The lowest BCUT2D eigenvalue weighted by Crippen LogP contribution is -2.31. The van der Waals surface area contributed by atoms with Crippen molar-refractivity contribution in [2.75, 3.05) is 11.9 Å². The molecule has 2 amide bonds. The predicted octanol–water partition coefficient (Wildman–Crippen LogP) is 0.810. The molecule has 15 heavy (non-hydrogen) atoms. The predicted molar refractivity (Wildman–Crippen MR) is 56.6 cm³/mol. The van der Waals surface area contributed by atoms with Gasteiger partial charge in [0.05, 0.1) is 12.2 Å². The van der Waals surface area contributed by atoms with Crippen LogP contribution in [-0.2, 0) is 9.59 Å². The first-order valence-electron chi connectivity index (χ1n) is 4.24. The van der Waals surface area contributed by atoms with E-state index in [0.717, 1.165) is 0 Å². The molecule has 0 fully saturated rings. The Labute approximate surface area is 91.8 Å². The van der Waals surface area contributed by atoms with Gasteiger partial charge < -0.3 is 10.6 Å². The quantitative estimate of drug-likeness (QED) is 0.751. The fourth-order valence-electron chi connectivity index (χ4n) is 0.878. The molecule has 0 spiro atoms. The van der Waals surface area contributed by atoms with Crippen molar-refractivity contribution in [2.45, 2.75) is 6.92 Å². The van der Waals surface area contributed by atoms with Gasteiger partial charge in [-0.2, -0.15) is 0 Å². The summed E-state index contributed by atoms with van der Waals surface area (Å²) in [6.45, 7) is 1.25. The fraction of sp³-hybridized carbons (Fsp3) is 0.222. The number of rotatable bonds is 3. The molecule has 1 aromatic rings. The van der Waals surface area contributed by atoms with Crippen LogP contribution in [0.3, 0.4) is 0 Å². The molecule has 0 saturated heterocycles. The molecule has 0 atom stereocenters. The van der Waals surface area contributed by atoms with Gasteiger partial charge >= 0.3 is 0 Å². The number of halogens is 1. The van der Waals surface area contributed by atoms with Crippen molar-refractivity contribution in [3.8, 4) is 0 Å². The zero-order chi connectivity index (χ0) is 11.3. The third-order valence-corrected chi connectivity index (χ3v) is 1.83. The van der Waals surface area contributed by atoms with Crippen molar-refractivity contribution in [3.63, 3.8) is 0 Å². The summed E-state index contributed by atoms with van der Waals surface area (Å²) in [7, 11) is 0. The Bertz CT molecular complexity index is 381. The number of hydrogen-bond acceptors (Lipinski definition) is 3. The van der Waals surface area contributed by atoms with Crippen LogP contribution in [0.25, 0.3) is 0 Å². The molecule has 5 nitrogen and oxygen atoms in total. The zero-order valence-corrected chi connectivity index (χ0v) is 8.84. The Hall–Kier alpha value is -1.62. The van der Waals surface area contributed by atoms with Crippen LogP contribution in [-0.4, -0.2) is 23.3 Å². The molecule has 0 unspecified atom stereocenters. The van der Waals surface area contributed by atoms with Gasteiger partial charge in [0.15, 0.2) is 5.15 Å². The van der Waals surface area contributed by atoms with E-state index in [-0.39, 0.29) is 23.5 Å². The zero-order valence-electron chi connectivity index (χ0n) is 8.08. The van der Waals surface area contributed by atoms with Gasteiger partial charge in [-0.1, -0.05) is 11.6 Å². The average molecular weight is 228 g/mol. The lowest BCUT2D eigenvalue weighted by atomic mass is 10.4. The van der Waals surface area contributed by atoms with Crippen LogP contribution in [0.2, 0.25) is 5.15 Å². The molecule has 0 aliphatic heterocycles. The maximum atomic E-state index is 11.3. The molecule has 0 radical (unpaired) electrons. The largest absolute Gasteiger partial charge is 0.347 e. The number of amides is 2. The van der Waals surface area contributed by atoms with Crippen molar-refractivity contribution in [3.05, 3.63) is 23.5 Å². The summed E-state index contributed by atoms with van der Waals surface area (Å²) in [5, 5.41) is 5.10. The number of hydrogen-bond donors (Lipinski definition) is 2. The fourth-order valence-corrected chi connectivity index (χ4v) is 1.05. The van der Waals surface area contributed by atoms with Crippen LogP contribution < -0.4 is 10.6 Å². The smallest absolute Gasteiger partial charge is 0.243 e. The maximum absolute atomic E-state index is 11.3. The Morgan fingerprint density at radius 3 is 2.87 bits per heavy atom. The lowest BCUT2D eigenvalue weighted by Gasteiger charge is -2.06. The Morgan fingerprint density at radius 1 is 1.53 bits per heavy atom. The summed E-state index contributed by atoms with van der Waals surface area (Å²) in [6, 6.07) is 3.28. The number of nitrogens with one attached hydrogen (secondary N) is 2. The van der Waals surface area contributed by atoms with E-state index in [1.165, 1.54) is 13.1 Å². The van der Waals surface area contributed by atoms with Crippen molar-refractivity contribution in [1.82, 2.24) is 10.3 Å². The third-order valence-electron chi connectivity index (χ3n) is 1.53. The standard InChI is InChI=1S/C9H10ClN3O2/c1-6(14)12-5-8(15)13-7-3-2-4-11-9(7)10/h2-4H,5H2,1H3,(H,12,14)(H,13,15). The van der Waals surface area contributed by atoms with Crippen LogP contribution in [0, 0.1) is 0 Å². The van der Waals surface area contributed by atoms with E-state index in [4.69, 9.17) is 11.6 Å². The van der Waals surface area contributed by atoms with E-state index in [1.54, 1.807) is 12.1 Å². The number of nitrogens with zero attached hydrogens (tertiary/aromatic N) is 1.